The summed E-state index contributed by atoms with van der Waals surface area (Å²) < 4.78 is 402. The molecule has 64 heavy (non-hydrogen) atoms. The average molecular weight is 1010 g/mol. The Morgan fingerprint density at radius 2 is 0.578 bits per heavy atom. The Balaban J connectivity index is 0.000000660. The molecule has 0 amide bonds. The monoisotopic (exact) mass is 1010 g/mol. The van der Waals surface area contributed by atoms with Crippen LogP contribution >= 0.6 is 0 Å². The van der Waals surface area contributed by atoms with Crippen LogP contribution in [-0.2, 0) is 48.3 Å². The first-order valence-corrected chi connectivity index (χ1v) is 16.2. The Labute approximate surface area is 335 Å². The Bertz CT molecular complexity index is 1840. The molecule has 0 saturated heterocycles. The van der Waals surface area contributed by atoms with Crippen molar-refractivity contribution in [3.63, 3.8) is 0 Å². The van der Waals surface area contributed by atoms with E-state index in [-0.39, 0.29) is 13.3 Å². The lowest BCUT2D eigenvalue weighted by molar-refractivity contribution is -0.378. The molecule has 0 aliphatic rings. The van der Waals surface area contributed by atoms with Gasteiger partial charge in [-0.1, -0.05) is 27.7 Å². The number of benzene rings is 2. The summed E-state index contributed by atoms with van der Waals surface area (Å²) in [4.78, 5) is 0. The molecule has 2 aromatic rings. The van der Waals surface area contributed by atoms with Gasteiger partial charge in [-0.2, -0.15) is 132 Å². The summed E-state index contributed by atoms with van der Waals surface area (Å²) in [7, 11) is 0. The summed E-state index contributed by atoms with van der Waals surface area (Å²) in [6.07, 6.45) is -69.8. The Kier molecular flexibility index (Phi) is 15.6. The largest absolute Gasteiger partial charge is 0.430 e. The maximum Gasteiger partial charge on any atom is 0.430 e. The summed E-state index contributed by atoms with van der Waals surface area (Å²) in [6.45, 7) is 2.99. The highest BCUT2D eigenvalue weighted by molar-refractivity contribution is 5.60. The maximum absolute atomic E-state index is 13.7. The molecule has 0 fully saturated rings. The standard InChI is InChI=1S/C17H10F18O.C15H12F12O/c1-3-4(2)5-6(12(18,19)20)9(14(24,25)26)8(11(36,16(30,31)32)17(33,34)35)10(15(27,28)29)7(5)13(21,22)23;1-3-6(2)10-8(12(16,17)18)4-7(5-9(10)13(19,20)21)11(28,14(22,23)24)15(25,26)27/h4,36H,3H2,1-2H3;4-6,28H,3H2,1-2H3. The van der Waals surface area contributed by atoms with E-state index >= 15 is 0 Å². The van der Waals surface area contributed by atoms with Gasteiger partial charge in [0.1, 0.15) is 0 Å². The van der Waals surface area contributed by atoms with Gasteiger partial charge in [0.05, 0.1) is 33.4 Å². The predicted octanol–water partition coefficient (Wildman–Crippen LogP) is 15.1. The van der Waals surface area contributed by atoms with E-state index in [1.807, 2.05) is 0 Å². The van der Waals surface area contributed by atoms with Gasteiger partial charge in [-0.3, -0.25) is 0 Å². The SMILES string of the molecule is CCC(C)c1c(C(F)(F)F)c(C(F)(F)F)c(C(O)(C(F)(F)F)C(F)(F)F)c(C(F)(F)F)c1C(F)(F)F.CCC(C)c1c(C(F)(F)F)cc(C(O)(C(F)(F)F)C(F)(F)F)cc1C(F)(F)F. The van der Waals surface area contributed by atoms with Crippen molar-refractivity contribution in [3.05, 3.63) is 67.8 Å². The fourth-order valence-corrected chi connectivity index (χ4v) is 5.98. The van der Waals surface area contributed by atoms with Crippen LogP contribution in [0.15, 0.2) is 12.1 Å². The third kappa shape index (κ3) is 10.9. The summed E-state index contributed by atoms with van der Waals surface area (Å²) in [5.74, 6) is -4.08. The van der Waals surface area contributed by atoms with Crippen LogP contribution in [-0.4, -0.2) is 34.9 Å². The molecule has 0 bridgehead atoms. The molecule has 2 atom stereocenters. The minimum atomic E-state index is -7.73. The number of hydrogen-bond donors (Lipinski definition) is 2. The van der Waals surface area contributed by atoms with Crippen LogP contribution in [0.2, 0.25) is 0 Å². The van der Waals surface area contributed by atoms with Crippen molar-refractivity contribution in [3.8, 4) is 0 Å². The normalized spacial score (nSPS) is 15.8. The smallest absolute Gasteiger partial charge is 0.369 e. The number of aliphatic hydroxyl groups is 2. The van der Waals surface area contributed by atoms with Crippen LogP contribution in [0.3, 0.4) is 0 Å². The van der Waals surface area contributed by atoms with Gasteiger partial charge in [0.25, 0.3) is 11.2 Å². The van der Waals surface area contributed by atoms with E-state index in [9.17, 15) is 142 Å². The highest BCUT2D eigenvalue weighted by Gasteiger charge is 2.76. The molecular formula is C32H22F30O2. The van der Waals surface area contributed by atoms with E-state index < -0.39 is 159 Å². The minimum absolute atomic E-state index is 0.236. The van der Waals surface area contributed by atoms with Crippen LogP contribution in [0.5, 0.6) is 0 Å². The molecule has 0 aliphatic heterocycles. The zero-order valence-corrected chi connectivity index (χ0v) is 31.0. The zero-order valence-electron chi connectivity index (χ0n) is 31.0. The molecule has 0 saturated carbocycles. The molecule has 2 nitrogen and oxygen atoms in total. The third-order valence-corrected chi connectivity index (χ3v) is 9.09. The fraction of sp³-hybridized carbons (Fsp3) is 0.625. The van der Waals surface area contributed by atoms with Crippen LogP contribution < -0.4 is 0 Å². The lowest BCUT2D eigenvalue weighted by atomic mass is 9.74. The maximum atomic E-state index is 13.7. The molecule has 0 heterocycles. The molecule has 2 N–H and O–H groups in total. The second kappa shape index (κ2) is 17.2. The van der Waals surface area contributed by atoms with Gasteiger partial charge in [0.2, 0.25) is 0 Å². The van der Waals surface area contributed by atoms with E-state index in [0.29, 0.717) is 6.92 Å². The van der Waals surface area contributed by atoms with Crippen molar-refractivity contribution < 1.29 is 142 Å². The van der Waals surface area contributed by atoms with Gasteiger partial charge in [0.15, 0.2) is 0 Å². The van der Waals surface area contributed by atoms with Gasteiger partial charge < -0.3 is 10.2 Å². The molecule has 372 valence electrons. The topological polar surface area (TPSA) is 40.5 Å². The van der Waals surface area contributed by atoms with E-state index in [1.165, 1.54) is 6.92 Å². The Morgan fingerprint density at radius 3 is 0.766 bits per heavy atom. The molecule has 32 heteroatoms. The molecule has 0 radical (unpaired) electrons. The summed E-state index contributed by atoms with van der Waals surface area (Å²) in [5, 5.41) is 18.6. The van der Waals surface area contributed by atoms with Gasteiger partial charge in [-0.05, 0) is 47.9 Å². The van der Waals surface area contributed by atoms with Crippen molar-refractivity contribution >= 4 is 0 Å². The van der Waals surface area contributed by atoms with Crippen molar-refractivity contribution in [2.45, 2.75) is 125 Å². The highest BCUT2D eigenvalue weighted by Crippen LogP contribution is 2.62. The van der Waals surface area contributed by atoms with Crippen LogP contribution in [0.25, 0.3) is 0 Å². The quantitative estimate of drug-likeness (QED) is 0.283. The highest BCUT2D eigenvalue weighted by atomic mass is 19.5. The fourth-order valence-electron chi connectivity index (χ4n) is 5.98. The first-order chi connectivity index (χ1) is 27.7. The molecule has 0 aromatic heterocycles. The molecule has 2 aromatic carbocycles. The van der Waals surface area contributed by atoms with Crippen molar-refractivity contribution in [1.82, 2.24) is 0 Å². The first-order valence-electron chi connectivity index (χ1n) is 16.2. The van der Waals surface area contributed by atoms with Gasteiger partial charge in [-0.15, -0.1) is 0 Å². The van der Waals surface area contributed by atoms with Crippen LogP contribution in [0, 0.1) is 0 Å². The van der Waals surface area contributed by atoms with Gasteiger partial charge in [0, 0.05) is 11.1 Å². The van der Waals surface area contributed by atoms with E-state index in [0.717, 1.165) is 6.92 Å². The predicted molar refractivity (Wildman–Crippen MR) is 152 cm³/mol. The summed E-state index contributed by atoms with van der Waals surface area (Å²) >= 11 is 0. The molecule has 2 rings (SSSR count). The van der Waals surface area contributed by atoms with E-state index in [4.69, 9.17) is 0 Å². The number of halogens is 30. The number of rotatable bonds is 6. The molecule has 2 unspecified atom stereocenters. The van der Waals surface area contributed by atoms with Crippen LogP contribution in [0.4, 0.5) is 132 Å². The third-order valence-electron chi connectivity index (χ3n) is 9.09. The van der Waals surface area contributed by atoms with E-state index in [1.54, 1.807) is 0 Å². The van der Waals surface area contributed by atoms with Gasteiger partial charge in [-0.25, -0.2) is 0 Å². The van der Waals surface area contributed by atoms with Crippen molar-refractivity contribution in [2.75, 3.05) is 0 Å². The Hall–Kier alpha value is -3.74. The molecule has 0 aliphatic carbocycles. The Morgan fingerprint density at radius 1 is 0.344 bits per heavy atom. The van der Waals surface area contributed by atoms with Crippen LogP contribution in [0.1, 0.15) is 108 Å². The lowest BCUT2D eigenvalue weighted by Crippen LogP contribution is -2.56. The first kappa shape index (κ1) is 58.3. The number of alkyl halides is 30. The average Bonchev–Trinajstić information content (AvgIpc) is 3.04. The second-order valence-corrected chi connectivity index (χ2v) is 13.3. The number of hydrogen-bond acceptors (Lipinski definition) is 2. The van der Waals surface area contributed by atoms with Crippen molar-refractivity contribution in [1.29, 1.82) is 0 Å². The van der Waals surface area contributed by atoms with Crippen molar-refractivity contribution in [2.24, 2.45) is 0 Å². The lowest BCUT2D eigenvalue weighted by Gasteiger charge is -2.39. The zero-order chi connectivity index (χ0) is 51.8. The minimum Gasteiger partial charge on any atom is -0.369 e. The van der Waals surface area contributed by atoms with Gasteiger partial charge >= 0.3 is 61.8 Å². The van der Waals surface area contributed by atoms with E-state index in [2.05, 4.69) is 0 Å². The second-order valence-electron chi connectivity index (χ2n) is 13.3. The molecule has 0 spiro atoms. The summed E-state index contributed by atoms with van der Waals surface area (Å²) in [5.41, 5.74) is -46.4. The molecular weight excluding hydrogens is 986 g/mol. The summed E-state index contributed by atoms with van der Waals surface area (Å²) in [6, 6.07) is -1.48.